The Morgan fingerprint density at radius 1 is 1.38 bits per heavy atom. The number of hydrogen-bond acceptors (Lipinski definition) is 7. The number of carbonyl (C=O) groups is 1. The minimum Gasteiger partial charge on any atom is -0.418 e. The lowest BCUT2D eigenvalue weighted by Gasteiger charge is -2.22. The van der Waals surface area contributed by atoms with Gasteiger partial charge in [0.15, 0.2) is 0 Å². The second-order valence-electron chi connectivity index (χ2n) is 6.43. The molecule has 136 valence electrons. The molecule has 26 heavy (non-hydrogen) atoms. The van der Waals surface area contributed by atoms with Crippen LogP contribution in [0.25, 0.3) is 10.8 Å². The number of thiazole rings is 1. The van der Waals surface area contributed by atoms with Crippen LogP contribution in [0.5, 0.6) is 0 Å². The zero-order chi connectivity index (χ0) is 18.1. The van der Waals surface area contributed by atoms with Crippen molar-refractivity contribution in [3.8, 4) is 10.8 Å². The van der Waals surface area contributed by atoms with Gasteiger partial charge in [0.05, 0.1) is 16.9 Å². The molecule has 1 amide bonds. The first-order valence-corrected chi connectivity index (χ1v) is 9.53. The van der Waals surface area contributed by atoms with Gasteiger partial charge < -0.3 is 9.32 Å². The Morgan fingerprint density at radius 3 is 3.00 bits per heavy atom. The van der Waals surface area contributed by atoms with Crippen LogP contribution in [-0.2, 0) is 11.3 Å². The summed E-state index contributed by atoms with van der Waals surface area (Å²) < 4.78 is 7.68. The molecular weight excluding hydrogens is 352 g/mol. The smallest absolute Gasteiger partial charge is 0.259 e. The molecule has 0 N–H and O–H groups in total. The summed E-state index contributed by atoms with van der Waals surface area (Å²) in [5.74, 6) is 1.08. The fraction of sp³-hybridized carbons (Fsp3) is 0.471. The standard InChI is InChI=1S/C17H20N6O2S/c1-11-5-8-22(21-11)9-6-14(24)23-7-3-4-13(23)16-19-20-17(25-16)15-12(2)18-10-26-15/h5,8,10,13H,3-4,6-7,9H2,1-2H3. The highest BCUT2D eigenvalue weighted by Gasteiger charge is 2.34. The van der Waals surface area contributed by atoms with Crippen molar-refractivity contribution in [3.05, 3.63) is 35.1 Å². The van der Waals surface area contributed by atoms with Crippen molar-refractivity contribution >= 4 is 17.2 Å². The summed E-state index contributed by atoms with van der Waals surface area (Å²) in [7, 11) is 0. The first-order chi connectivity index (χ1) is 12.6. The van der Waals surface area contributed by atoms with Gasteiger partial charge in [-0.15, -0.1) is 21.5 Å². The molecule has 0 bridgehead atoms. The van der Waals surface area contributed by atoms with Crippen LogP contribution < -0.4 is 0 Å². The van der Waals surface area contributed by atoms with Gasteiger partial charge in [-0.3, -0.25) is 9.48 Å². The lowest BCUT2D eigenvalue weighted by atomic mass is 10.2. The summed E-state index contributed by atoms with van der Waals surface area (Å²) >= 11 is 1.48. The van der Waals surface area contributed by atoms with Crippen LogP contribution in [0.4, 0.5) is 0 Å². The summed E-state index contributed by atoms with van der Waals surface area (Å²) in [6, 6.07) is 1.79. The predicted molar refractivity (Wildman–Crippen MR) is 95.4 cm³/mol. The second-order valence-corrected chi connectivity index (χ2v) is 7.28. The number of aromatic nitrogens is 5. The van der Waals surface area contributed by atoms with Gasteiger partial charge in [0.25, 0.3) is 5.89 Å². The predicted octanol–water partition coefficient (Wildman–Crippen LogP) is 2.76. The minimum atomic E-state index is -0.142. The molecule has 1 aliphatic heterocycles. The fourth-order valence-corrected chi connectivity index (χ4v) is 3.95. The molecule has 0 aromatic carbocycles. The minimum absolute atomic E-state index is 0.0920. The third-order valence-electron chi connectivity index (χ3n) is 4.57. The third-order valence-corrected chi connectivity index (χ3v) is 5.48. The second kappa shape index (κ2) is 6.99. The fourth-order valence-electron chi connectivity index (χ4n) is 3.23. The van der Waals surface area contributed by atoms with E-state index in [9.17, 15) is 4.79 Å². The van der Waals surface area contributed by atoms with Crippen LogP contribution in [0.15, 0.2) is 22.2 Å². The van der Waals surface area contributed by atoms with E-state index < -0.39 is 0 Å². The van der Waals surface area contributed by atoms with Crippen molar-refractivity contribution in [1.29, 1.82) is 0 Å². The number of aryl methyl sites for hydroxylation is 3. The Bertz CT molecular complexity index is 914. The zero-order valence-electron chi connectivity index (χ0n) is 14.8. The van der Waals surface area contributed by atoms with Crippen molar-refractivity contribution in [2.45, 2.75) is 45.7 Å². The molecule has 0 aliphatic carbocycles. The summed E-state index contributed by atoms with van der Waals surface area (Å²) in [5.41, 5.74) is 3.59. The highest BCUT2D eigenvalue weighted by Crippen LogP contribution is 2.34. The molecule has 1 unspecified atom stereocenters. The summed E-state index contributed by atoms with van der Waals surface area (Å²) in [5, 5.41) is 12.7. The van der Waals surface area contributed by atoms with Gasteiger partial charge in [-0.2, -0.15) is 5.10 Å². The molecule has 1 atom stereocenters. The van der Waals surface area contributed by atoms with Crippen LogP contribution in [0.1, 0.15) is 42.6 Å². The van der Waals surface area contributed by atoms with E-state index in [0.29, 0.717) is 24.7 Å². The topological polar surface area (TPSA) is 89.9 Å². The van der Waals surface area contributed by atoms with Crippen molar-refractivity contribution in [3.63, 3.8) is 0 Å². The molecule has 0 saturated carbocycles. The zero-order valence-corrected chi connectivity index (χ0v) is 15.6. The van der Waals surface area contributed by atoms with Gasteiger partial charge in [0.2, 0.25) is 11.8 Å². The van der Waals surface area contributed by atoms with Gasteiger partial charge in [-0.05, 0) is 32.8 Å². The quantitative estimate of drug-likeness (QED) is 0.684. The highest BCUT2D eigenvalue weighted by atomic mass is 32.1. The average molecular weight is 372 g/mol. The lowest BCUT2D eigenvalue weighted by molar-refractivity contribution is -0.132. The molecule has 4 heterocycles. The number of rotatable bonds is 5. The van der Waals surface area contributed by atoms with Gasteiger partial charge in [-0.25, -0.2) is 4.98 Å². The van der Waals surface area contributed by atoms with Gasteiger partial charge in [-0.1, -0.05) is 0 Å². The maximum absolute atomic E-state index is 12.7. The first kappa shape index (κ1) is 16.9. The molecule has 1 fully saturated rings. The summed E-state index contributed by atoms with van der Waals surface area (Å²) in [6.07, 6.45) is 4.09. The average Bonchev–Trinajstić information content (AvgIpc) is 3.39. The Labute approximate surface area is 154 Å². The first-order valence-electron chi connectivity index (χ1n) is 8.65. The number of hydrogen-bond donors (Lipinski definition) is 0. The lowest BCUT2D eigenvalue weighted by Crippen LogP contribution is -2.31. The van der Waals surface area contributed by atoms with Crippen LogP contribution in [0, 0.1) is 13.8 Å². The van der Waals surface area contributed by atoms with Gasteiger partial charge in [0.1, 0.15) is 10.9 Å². The molecule has 0 radical (unpaired) electrons. The Morgan fingerprint density at radius 2 is 2.27 bits per heavy atom. The highest BCUT2D eigenvalue weighted by molar-refractivity contribution is 7.13. The van der Waals surface area contributed by atoms with E-state index in [-0.39, 0.29) is 11.9 Å². The van der Waals surface area contributed by atoms with E-state index in [1.54, 1.807) is 10.2 Å². The van der Waals surface area contributed by atoms with Crippen molar-refractivity contribution in [1.82, 2.24) is 29.9 Å². The maximum atomic E-state index is 12.7. The Balaban J connectivity index is 1.45. The van der Waals surface area contributed by atoms with Gasteiger partial charge >= 0.3 is 0 Å². The summed E-state index contributed by atoms with van der Waals surface area (Å²) in [4.78, 5) is 19.6. The Hall–Kier alpha value is -2.55. The number of likely N-dealkylation sites (tertiary alicyclic amines) is 1. The van der Waals surface area contributed by atoms with E-state index in [0.717, 1.165) is 35.7 Å². The van der Waals surface area contributed by atoms with E-state index in [1.165, 1.54) is 11.3 Å². The van der Waals surface area contributed by atoms with Crippen LogP contribution >= 0.6 is 11.3 Å². The molecule has 1 saturated heterocycles. The molecule has 3 aromatic heterocycles. The monoisotopic (exact) mass is 372 g/mol. The van der Waals surface area contributed by atoms with E-state index in [1.807, 2.05) is 31.0 Å². The van der Waals surface area contributed by atoms with Gasteiger partial charge in [0, 0.05) is 25.7 Å². The normalized spacial score (nSPS) is 17.2. The van der Waals surface area contributed by atoms with Crippen molar-refractivity contribution in [2.75, 3.05) is 6.54 Å². The van der Waals surface area contributed by atoms with E-state index in [2.05, 4.69) is 20.3 Å². The Kier molecular flexibility index (Phi) is 4.54. The van der Waals surface area contributed by atoms with Crippen molar-refractivity contribution in [2.24, 2.45) is 0 Å². The molecule has 9 heteroatoms. The van der Waals surface area contributed by atoms with Crippen molar-refractivity contribution < 1.29 is 9.21 Å². The number of amides is 1. The van der Waals surface area contributed by atoms with Crippen LogP contribution in [-0.4, -0.2) is 42.3 Å². The molecular formula is C17H20N6O2S. The largest absolute Gasteiger partial charge is 0.418 e. The molecule has 3 aromatic rings. The third kappa shape index (κ3) is 3.26. The number of nitrogens with zero attached hydrogens (tertiary/aromatic N) is 6. The molecule has 1 aliphatic rings. The summed E-state index contributed by atoms with van der Waals surface area (Å²) in [6.45, 7) is 5.15. The molecule has 4 rings (SSSR count). The van der Waals surface area contributed by atoms with E-state index >= 15 is 0 Å². The van der Waals surface area contributed by atoms with Crippen LogP contribution in [0.2, 0.25) is 0 Å². The molecule has 0 spiro atoms. The molecule has 8 nitrogen and oxygen atoms in total. The number of carbonyl (C=O) groups excluding carboxylic acids is 1. The maximum Gasteiger partial charge on any atom is 0.259 e. The SMILES string of the molecule is Cc1ccn(CCC(=O)N2CCCC2c2nnc(-c3scnc3C)o2)n1. The van der Waals surface area contributed by atoms with E-state index in [4.69, 9.17) is 4.42 Å². The van der Waals surface area contributed by atoms with Crippen LogP contribution in [0.3, 0.4) is 0 Å².